The molecule has 0 bridgehead atoms. The molecule has 2 aliphatic rings. The van der Waals surface area contributed by atoms with Crippen LogP contribution in [0.15, 0.2) is 60.3 Å². The molecule has 2 aliphatic heterocycles. The highest BCUT2D eigenvalue weighted by Crippen LogP contribution is 2.29. The maximum absolute atomic E-state index is 12.9. The predicted octanol–water partition coefficient (Wildman–Crippen LogP) is 2.87. The fourth-order valence-electron chi connectivity index (χ4n) is 3.27. The number of nitrogens with zero attached hydrogens (tertiary/aromatic N) is 2. The van der Waals surface area contributed by atoms with E-state index >= 15 is 0 Å². The molecule has 1 N–H and O–H groups in total. The lowest BCUT2D eigenvalue weighted by Gasteiger charge is -2.27. The van der Waals surface area contributed by atoms with Crippen molar-refractivity contribution in [2.45, 2.75) is 13.0 Å². The Balaban J connectivity index is 1.64. The number of hydrogen-bond donors (Lipinski definition) is 1. The second kappa shape index (κ2) is 6.89. The van der Waals surface area contributed by atoms with Crippen molar-refractivity contribution in [1.82, 2.24) is 10.2 Å². The Bertz CT molecular complexity index is 986. The van der Waals surface area contributed by atoms with Gasteiger partial charge in [0, 0.05) is 23.5 Å². The minimum atomic E-state index is -0.746. The van der Waals surface area contributed by atoms with Crippen LogP contribution in [0.1, 0.15) is 11.1 Å². The highest BCUT2D eigenvalue weighted by atomic mass is 35.5. The van der Waals surface area contributed by atoms with Gasteiger partial charge in [0.15, 0.2) is 0 Å². The third-order valence-electron chi connectivity index (χ3n) is 4.68. The van der Waals surface area contributed by atoms with Crippen LogP contribution in [0.4, 0.5) is 10.5 Å². The van der Waals surface area contributed by atoms with Gasteiger partial charge in [-0.25, -0.2) is 4.79 Å². The second-order valence-electron chi connectivity index (χ2n) is 6.36. The second-order valence-corrected chi connectivity index (χ2v) is 6.76. The van der Waals surface area contributed by atoms with E-state index in [9.17, 15) is 14.4 Å². The number of amides is 4. The number of carbonyl (C=O) groups is 3. The number of barbiturate groups is 1. The van der Waals surface area contributed by atoms with Crippen molar-refractivity contribution in [2.75, 3.05) is 11.4 Å². The molecule has 4 rings (SSSR count). The molecule has 2 aromatic rings. The van der Waals surface area contributed by atoms with Crippen LogP contribution < -0.4 is 10.2 Å². The molecular formula is C20H16ClN3O3. The highest BCUT2D eigenvalue weighted by molar-refractivity contribution is 6.31. The summed E-state index contributed by atoms with van der Waals surface area (Å²) in [5.41, 5.74) is 2.67. The van der Waals surface area contributed by atoms with E-state index in [0.717, 1.165) is 22.6 Å². The first-order valence-electron chi connectivity index (χ1n) is 8.51. The summed E-state index contributed by atoms with van der Waals surface area (Å²) in [5.74, 6) is -1.32. The third kappa shape index (κ3) is 3.19. The molecule has 0 radical (unpaired) electrons. The normalized spacial score (nSPS) is 18.1. The zero-order valence-electron chi connectivity index (χ0n) is 14.3. The first kappa shape index (κ1) is 17.3. The lowest BCUT2D eigenvalue weighted by atomic mass is 10.1. The number of halogens is 1. The van der Waals surface area contributed by atoms with Crippen LogP contribution in [0.25, 0.3) is 0 Å². The summed E-state index contributed by atoms with van der Waals surface area (Å²) in [4.78, 5) is 40.2. The average Bonchev–Trinajstić information content (AvgIpc) is 3.06. The fourth-order valence-corrected chi connectivity index (χ4v) is 3.47. The maximum Gasteiger partial charge on any atom is 0.331 e. The number of para-hydroxylation sites is 1. The molecule has 1 saturated heterocycles. The average molecular weight is 382 g/mol. The molecule has 0 atom stereocenters. The van der Waals surface area contributed by atoms with E-state index in [1.54, 1.807) is 24.3 Å². The SMILES string of the molecule is O=C1NC(=O)N(Cc2ccccc2Cl)C(=O)/C1=C/N1CCc2ccccc21. The Morgan fingerprint density at radius 3 is 2.59 bits per heavy atom. The molecule has 136 valence electrons. The van der Waals surface area contributed by atoms with E-state index in [0.29, 0.717) is 17.1 Å². The van der Waals surface area contributed by atoms with Crippen molar-refractivity contribution in [3.63, 3.8) is 0 Å². The Morgan fingerprint density at radius 1 is 1.04 bits per heavy atom. The van der Waals surface area contributed by atoms with Crippen molar-refractivity contribution in [3.05, 3.63) is 76.5 Å². The summed E-state index contributed by atoms with van der Waals surface area (Å²) in [5, 5.41) is 2.69. The van der Waals surface area contributed by atoms with Gasteiger partial charge in [-0.2, -0.15) is 0 Å². The summed E-state index contributed by atoms with van der Waals surface area (Å²) in [6, 6.07) is 14.0. The standard InChI is InChI=1S/C20H16ClN3O3/c21-16-7-3-1-6-14(16)11-24-19(26)15(18(25)22-20(24)27)12-23-10-9-13-5-2-4-8-17(13)23/h1-8,12H,9-11H2,(H,22,25,27)/b15-12+. The number of benzene rings is 2. The van der Waals surface area contributed by atoms with Crippen molar-refractivity contribution in [3.8, 4) is 0 Å². The summed E-state index contributed by atoms with van der Waals surface area (Å²) in [6.45, 7) is 0.660. The van der Waals surface area contributed by atoms with Gasteiger partial charge >= 0.3 is 6.03 Å². The van der Waals surface area contributed by atoms with E-state index < -0.39 is 17.8 Å². The first-order valence-corrected chi connectivity index (χ1v) is 8.89. The largest absolute Gasteiger partial charge is 0.346 e. The van der Waals surface area contributed by atoms with Crippen LogP contribution in [0.3, 0.4) is 0 Å². The number of hydrogen-bond acceptors (Lipinski definition) is 4. The third-order valence-corrected chi connectivity index (χ3v) is 5.05. The van der Waals surface area contributed by atoms with Crippen LogP contribution in [0.2, 0.25) is 5.02 Å². The lowest BCUT2D eigenvalue weighted by molar-refractivity contribution is -0.130. The van der Waals surface area contributed by atoms with Crippen molar-refractivity contribution in [2.24, 2.45) is 0 Å². The molecule has 0 aromatic heterocycles. The molecule has 0 saturated carbocycles. The Morgan fingerprint density at radius 2 is 1.78 bits per heavy atom. The monoisotopic (exact) mass is 381 g/mol. The van der Waals surface area contributed by atoms with Crippen molar-refractivity contribution < 1.29 is 14.4 Å². The topological polar surface area (TPSA) is 69.7 Å². The molecule has 0 unspecified atom stereocenters. The summed E-state index contributed by atoms with van der Waals surface area (Å²) in [7, 11) is 0. The van der Waals surface area contributed by atoms with Gasteiger partial charge in [-0.3, -0.25) is 19.8 Å². The Hall–Kier alpha value is -3.12. The summed E-state index contributed by atoms with van der Waals surface area (Å²) >= 11 is 6.14. The van der Waals surface area contributed by atoms with E-state index in [-0.39, 0.29) is 12.1 Å². The van der Waals surface area contributed by atoms with E-state index in [1.165, 1.54) is 6.20 Å². The molecule has 6 nitrogen and oxygen atoms in total. The number of rotatable bonds is 3. The number of carbonyl (C=O) groups excluding carboxylic acids is 3. The highest BCUT2D eigenvalue weighted by Gasteiger charge is 2.37. The van der Waals surface area contributed by atoms with Crippen LogP contribution in [-0.2, 0) is 22.6 Å². The van der Waals surface area contributed by atoms with Crippen LogP contribution >= 0.6 is 11.6 Å². The molecule has 2 aromatic carbocycles. The number of fused-ring (bicyclic) bond motifs is 1. The van der Waals surface area contributed by atoms with Crippen LogP contribution in [0.5, 0.6) is 0 Å². The summed E-state index contributed by atoms with van der Waals surface area (Å²) < 4.78 is 0. The molecule has 27 heavy (non-hydrogen) atoms. The van der Waals surface area contributed by atoms with Crippen LogP contribution in [0, 0.1) is 0 Å². The van der Waals surface area contributed by atoms with E-state index in [1.807, 2.05) is 29.2 Å². The summed E-state index contributed by atoms with van der Waals surface area (Å²) in [6.07, 6.45) is 2.35. The molecule has 4 amide bonds. The van der Waals surface area contributed by atoms with Gasteiger partial charge in [0.1, 0.15) is 5.57 Å². The minimum absolute atomic E-state index is 0.00839. The van der Waals surface area contributed by atoms with Gasteiger partial charge in [-0.1, -0.05) is 48.0 Å². The molecule has 7 heteroatoms. The zero-order chi connectivity index (χ0) is 19.0. The minimum Gasteiger partial charge on any atom is -0.346 e. The smallest absolute Gasteiger partial charge is 0.331 e. The van der Waals surface area contributed by atoms with Gasteiger partial charge in [0.2, 0.25) is 0 Å². The molecule has 0 spiro atoms. The first-order chi connectivity index (χ1) is 13.0. The number of nitrogens with one attached hydrogen (secondary N) is 1. The van der Waals surface area contributed by atoms with Gasteiger partial charge in [0.25, 0.3) is 11.8 Å². The maximum atomic E-state index is 12.9. The van der Waals surface area contributed by atoms with Crippen LogP contribution in [-0.4, -0.2) is 29.3 Å². The molecular weight excluding hydrogens is 366 g/mol. The molecule has 1 fully saturated rings. The lowest BCUT2D eigenvalue weighted by Crippen LogP contribution is -2.54. The fraction of sp³-hybridized carbons (Fsp3) is 0.150. The van der Waals surface area contributed by atoms with E-state index in [2.05, 4.69) is 5.32 Å². The quantitative estimate of drug-likeness (QED) is 0.655. The van der Waals surface area contributed by atoms with Gasteiger partial charge in [-0.05, 0) is 29.7 Å². The van der Waals surface area contributed by atoms with Gasteiger partial charge < -0.3 is 4.90 Å². The van der Waals surface area contributed by atoms with Gasteiger partial charge in [0.05, 0.1) is 6.54 Å². The number of imide groups is 2. The number of urea groups is 1. The Kier molecular flexibility index (Phi) is 4.41. The van der Waals surface area contributed by atoms with Gasteiger partial charge in [-0.15, -0.1) is 0 Å². The number of anilines is 1. The molecule has 2 heterocycles. The van der Waals surface area contributed by atoms with Crippen molar-refractivity contribution in [1.29, 1.82) is 0 Å². The van der Waals surface area contributed by atoms with E-state index in [4.69, 9.17) is 11.6 Å². The molecule has 0 aliphatic carbocycles. The Labute approximate surface area is 161 Å². The predicted molar refractivity (Wildman–Crippen MR) is 101 cm³/mol. The zero-order valence-corrected chi connectivity index (χ0v) is 15.1. The van der Waals surface area contributed by atoms with Crippen molar-refractivity contribution >= 4 is 35.1 Å².